The highest BCUT2D eigenvalue weighted by Crippen LogP contribution is 2.05. The van der Waals surface area contributed by atoms with Gasteiger partial charge in [-0.2, -0.15) is 0 Å². The quantitative estimate of drug-likeness (QED) is 0.606. The van der Waals surface area contributed by atoms with Gasteiger partial charge in [-0.3, -0.25) is 9.78 Å². The minimum atomic E-state index is 0.0243. The summed E-state index contributed by atoms with van der Waals surface area (Å²) in [6, 6.07) is 10.7. The van der Waals surface area contributed by atoms with Gasteiger partial charge in [-0.05, 0) is 31.2 Å². The van der Waals surface area contributed by atoms with Crippen LogP contribution in [-0.4, -0.2) is 4.98 Å². The molecule has 0 spiro atoms. The van der Waals surface area contributed by atoms with Gasteiger partial charge >= 0.3 is 0 Å². The monoisotopic (exact) mass is 171 g/mol. The van der Waals surface area contributed by atoms with Crippen LogP contribution < -0.4 is 5.43 Å². The van der Waals surface area contributed by atoms with E-state index in [1.54, 1.807) is 18.2 Å². The minimum Gasteiger partial charge on any atom is -0.289 e. The third kappa shape index (κ3) is 1.43. The number of hydrogen-bond acceptors (Lipinski definition) is 2. The Kier molecular flexibility index (Phi) is 1.81. The van der Waals surface area contributed by atoms with Gasteiger partial charge in [0.2, 0.25) is 0 Å². The lowest BCUT2D eigenvalue weighted by Crippen LogP contribution is -1.93. The summed E-state index contributed by atoms with van der Waals surface area (Å²) in [5, 5.41) is 0.676. The van der Waals surface area contributed by atoms with Crippen molar-refractivity contribution in [3.05, 3.63) is 52.3 Å². The summed E-state index contributed by atoms with van der Waals surface area (Å²) in [6.45, 7) is 1.88. The molecule has 2 nitrogen and oxygen atoms in total. The summed E-state index contributed by atoms with van der Waals surface area (Å²) in [4.78, 5) is 15.8. The Morgan fingerprint density at radius 1 is 1.08 bits per heavy atom. The average molecular weight is 171 g/mol. The van der Waals surface area contributed by atoms with Gasteiger partial charge in [0, 0.05) is 11.1 Å². The van der Waals surface area contributed by atoms with Gasteiger partial charge in [0.25, 0.3) is 0 Å². The first-order chi connectivity index (χ1) is 6.27. The van der Waals surface area contributed by atoms with Crippen molar-refractivity contribution in [3.8, 4) is 0 Å². The van der Waals surface area contributed by atoms with Crippen LogP contribution in [0.4, 0.5) is 0 Å². The smallest absolute Gasteiger partial charge is 0.188 e. The van der Waals surface area contributed by atoms with Crippen molar-refractivity contribution < 1.29 is 0 Å². The van der Waals surface area contributed by atoms with E-state index in [1.807, 2.05) is 25.1 Å². The predicted octanol–water partition coefficient (Wildman–Crippen LogP) is 1.90. The van der Waals surface area contributed by atoms with E-state index in [1.165, 1.54) is 0 Å². The predicted molar refractivity (Wildman–Crippen MR) is 52.8 cm³/mol. The van der Waals surface area contributed by atoms with Crippen LogP contribution in [0.25, 0.3) is 10.9 Å². The molecule has 0 N–H and O–H groups in total. The molecule has 0 fully saturated rings. The summed E-state index contributed by atoms with van der Waals surface area (Å²) >= 11 is 0. The summed E-state index contributed by atoms with van der Waals surface area (Å²) in [7, 11) is 0. The molecule has 1 heterocycles. The van der Waals surface area contributed by atoms with Crippen molar-refractivity contribution in [2.24, 2.45) is 0 Å². The second-order valence-electron chi connectivity index (χ2n) is 2.97. The highest BCUT2D eigenvalue weighted by molar-refractivity contribution is 5.77. The number of nitrogens with zero attached hydrogens (tertiary/aromatic N) is 1. The van der Waals surface area contributed by atoms with Gasteiger partial charge in [-0.25, -0.2) is 0 Å². The Labute approximate surface area is 75.9 Å². The van der Waals surface area contributed by atoms with Crippen LogP contribution in [-0.2, 0) is 0 Å². The minimum absolute atomic E-state index is 0.0243. The zero-order valence-electron chi connectivity index (χ0n) is 7.32. The first-order valence-corrected chi connectivity index (χ1v) is 4.14. The van der Waals surface area contributed by atoms with Crippen molar-refractivity contribution >= 4 is 10.9 Å². The molecule has 1 aromatic carbocycles. The summed E-state index contributed by atoms with van der Waals surface area (Å²) < 4.78 is 0. The summed E-state index contributed by atoms with van der Waals surface area (Å²) in [5.41, 5.74) is 1.64. The Morgan fingerprint density at radius 3 is 2.69 bits per heavy atom. The molecular formula is C11H9NO. The molecule has 64 valence electrons. The van der Waals surface area contributed by atoms with E-state index in [-0.39, 0.29) is 5.43 Å². The highest BCUT2D eigenvalue weighted by Gasteiger charge is 1.95. The molecule has 2 rings (SSSR count). The molecule has 0 aliphatic rings. The van der Waals surface area contributed by atoms with Gasteiger partial charge < -0.3 is 0 Å². The Hall–Kier alpha value is -1.70. The van der Waals surface area contributed by atoms with E-state index < -0.39 is 0 Å². The number of benzene rings is 1. The van der Waals surface area contributed by atoms with Gasteiger partial charge in [-0.1, -0.05) is 12.1 Å². The molecule has 2 aromatic rings. The van der Waals surface area contributed by atoms with Crippen LogP contribution in [0.3, 0.4) is 0 Å². The number of para-hydroxylation sites is 1. The van der Waals surface area contributed by atoms with Crippen LogP contribution in [0.15, 0.2) is 41.2 Å². The highest BCUT2D eigenvalue weighted by atomic mass is 16.1. The number of aromatic nitrogens is 1. The van der Waals surface area contributed by atoms with E-state index in [2.05, 4.69) is 4.98 Å². The van der Waals surface area contributed by atoms with Crippen molar-refractivity contribution in [3.63, 3.8) is 0 Å². The van der Waals surface area contributed by atoms with E-state index in [0.717, 1.165) is 11.2 Å². The molecular weight excluding hydrogens is 162 g/mol. The molecule has 0 bridgehead atoms. The van der Waals surface area contributed by atoms with Crippen LogP contribution in [0.2, 0.25) is 0 Å². The van der Waals surface area contributed by atoms with Crippen molar-refractivity contribution in [1.82, 2.24) is 4.98 Å². The molecule has 0 aliphatic carbocycles. The van der Waals surface area contributed by atoms with E-state index in [0.29, 0.717) is 5.39 Å². The number of rotatable bonds is 0. The van der Waals surface area contributed by atoms with Crippen molar-refractivity contribution in [2.75, 3.05) is 0 Å². The van der Waals surface area contributed by atoms with Crippen molar-refractivity contribution in [2.45, 2.75) is 6.92 Å². The molecule has 0 unspecified atom stereocenters. The maximum Gasteiger partial charge on any atom is 0.188 e. The van der Waals surface area contributed by atoms with Gasteiger partial charge in [0.15, 0.2) is 5.43 Å². The van der Waals surface area contributed by atoms with E-state index >= 15 is 0 Å². The van der Waals surface area contributed by atoms with Crippen LogP contribution in [0.1, 0.15) is 5.69 Å². The zero-order chi connectivity index (χ0) is 9.26. The second kappa shape index (κ2) is 2.98. The number of fused-ring (bicyclic) bond motifs is 1. The number of hydrogen-bond donors (Lipinski definition) is 0. The topological polar surface area (TPSA) is 30.0 Å². The largest absolute Gasteiger partial charge is 0.289 e. The third-order valence-electron chi connectivity index (χ3n) is 1.94. The SMILES string of the molecule is Cc1ccc(=O)c2ccccc2n1. The fourth-order valence-corrected chi connectivity index (χ4v) is 1.29. The first kappa shape index (κ1) is 7.92. The van der Waals surface area contributed by atoms with Crippen LogP contribution >= 0.6 is 0 Å². The second-order valence-corrected chi connectivity index (χ2v) is 2.97. The molecule has 0 saturated heterocycles. The summed E-state index contributed by atoms with van der Waals surface area (Å²) in [6.07, 6.45) is 0. The van der Waals surface area contributed by atoms with Crippen molar-refractivity contribution in [1.29, 1.82) is 0 Å². The molecule has 0 aliphatic heterocycles. The van der Waals surface area contributed by atoms with Crippen LogP contribution in [0.5, 0.6) is 0 Å². The fourth-order valence-electron chi connectivity index (χ4n) is 1.29. The maximum atomic E-state index is 11.5. The normalized spacial score (nSPS) is 10.2. The standard InChI is InChI=1S/C11H9NO/c1-8-6-7-11(13)9-4-2-3-5-10(9)12-8/h2-7H,1H3. The Balaban J connectivity index is 3.04. The van der Waals surface area contributed by atoms with Gasteiger partial charge in [0.05, 0.1) is 5.52 Å². The maximum absolute atomic E-state index is 11.5. The van der Waals surface area contributed by atoms with Gasteiger partial charge in [0.1, 0.15) is 0 Å². The fraction of sp³-hybridized carbons (Fsp3) is 0.0909. The lowest BCUT2D eigenvalue weighted by atomic mass is 10.2. The molecule has 0 saturated carbocycles. The lowest BCUT2D eigenvalue weighted by molar-refractivity contribution is 1.27. The first-order valence-electron chi connectivity index (χ1n) is 4.14. The number of aryl methyl sites for hydroxylation is 1. The zero-order valence-corrected chi connectivity index (χ0v) is 7.32. The third-order valence-corrected chi connectivity index (χ3v) is 1.94. The Morgan fingerprint density at radius 2 is 1.85 bits per heavy atom. The lowest BCUT2D eigenvalue weighted by Gasteiger charge is -1.88. The van der Waals surface area contributed by atoms with Crippen LogP contribution in [0, 0.1) is 6.92 Å². The molecule has 2 heteroatoms. The van der Waals surface area contributed by atoms with E-state index in [4.69, 9.17) is 0 Å². The molecule has 0 atom stereocenters. The van der Waals surface area contributed by atoms with E-state index in [9.17, 15) is 4.79 Å². The molecule has 0 amide bonds. The molecule has 13 heavy (non-hydrogen) atoms. The summed E-state index contributed by atoms with van der Waals surface area (Å²) in [5.74, 6) is 0. The average Bonchev–Trinajstić information content (AvgIpc) is 2.27. The Bertz CT molecular complexity index is 505. The molecule has 1 aromatic heterocycles. The van der Waals surface area contributed by atoms with Gasteiger partial charge in [-0.15, -0.1) is 0 Å². The molecule has 0 radical (unpaired) electrons.